The zero-order chi connectivity index (χ0) is 19.3. The Morgan fingerprint density at radius 3 is 2.61 bits per heavy atom. The van der Waals surface area contributed by atoms with Gasteiger partial charge in [-0.2, -0.15) is 5.10 Å². The summed E-state index contributed by atoms with van der Waals surface area (Å²) in [4.78, 5) is 21.7. The monoisotopic (exact) mass is 390 g/mol. The average Bonchev–Trinajstić information content (AvgIpc) is 3.36. The molecule has 4 rings (SSSR count). The fourth-order valence-electron chi connectivity index (χ4n) is 2.86. The summed E-state index contributed by atoms with van der Waals surface area (Å²) in [5, 5.41) is 7.98. The lowest BCUT2D eigenvalue weighted by molar-refractivity contribution is 0.101. The highest BCUT2D eigenvalue weighted by molar-refractivity contribution is 7.98. The lowest BCUT2D eigenvalue weighted by Gasteiger charge is -2.12. The number of benzene rings is 1. The number of nitrogens with one attached hydrogen (secondary N) is 1. The molecule has 0 bridgehead atoms. The van der Waals surface area contributed by atoms with Gasteiger partial charge in [0.1, 0.15) is 11.5 Å². The molecule has 4 aromatic rings. The number of hydrogen-bond acceptors (Lipinski definition) is 5. The number of hydrogen-bond donors (Lipinski definition) is 1. The van der Waals surface area contributed by atoms with Crippen LogP contribution in [0.15, 0.2) is 78.3 Å². The van der Waals surface area contributed by atoms with Crippen LogP contribution in [0.4, 0.5) is 5.82 Å². The molecule has 0 aliphatic heterocycles. The summed E-state index contributed by atoms with van der Waals surface area (Å²) in [6, 6.07) is 17.2. The van der Waals surface area contributed by atoms with Crippen LogP contribution in [0.5, 0.6) is 0 Å². The van der Waals surface area contributed by atoms with Gasteiger partial charge in [0, 0.05) is 18.0 Å². The van der Waals surface area contributed by atoms with Gasteiger partial charge in [-0.25, -0.2) is 9.67 Å². The van der Waals surface area contributed by atoms with Crippen molar-refractivity contribution >= 4 is 23.5 Å². The minimum atomic E-state index is -0.251. The lowest BCUT2D eigenvalue weighted by Crippen LogP contribution is -2.19. The Bertz CT molecular complexity index is 1070. The van der Waals surface area contributed by atoms with E-state index in [1.54, 1.807) is 29.3 Å². The van der Waals surface area contributed by atoms with E-state index >= 15 is 0 Å². The number of nitrogens with zero attached hydrogens (tertiary/aromatic N) is 5. The number of carbonyl (C=O) groups is 1. The maximum atomic E-state index is 13.0. The van der Waals surface area contributed by atoms with Gasteiger partial charge >= 0.3 is 0 Å². The van der Waals surface area contributed by atoms with Crippen LogP contribution in [-0.4, -0.2) is 36.5 Å². The van der Waals surface area contributed by atoms with Crippen LogP contribution >= 0.6 is 11.8 Å². The largest absolute Gasteiger partial charge is 0.305 e. The second-order valence-electron chi connectivity index (χ2n) is 5.95. The number of rotatable bonds is 6. The third-order valence-corrected chi connectivity index (χ3v) is 4.81. The number of para-hydroxylation sites is 1. The molecule has 0 aliphatic carbocycles. The van der Waals surface area contributed by atoms with Gasteiger partial charge in [-0.05, 0) is 30.5 Å². The zero-order valence-electron chi connectivity index (χ0n) is 15.2. The van der Waals surface area contributed by atoms with Gasteiger partial charge in [0.15, 0.2) is 5.16 Å². The van der Waals surface area contributed by atoms with E-state index in [2.05, 4.69) is 20.4 Å². The van der Waals surface area contributed by atoms with Gasteiger partial charge in [0.25, 0.3) is 5.91 Å². The van der Waals surface area contributed by atoms with Crippen molar-refractivity contribution in [1.29, 1.82) is 0 Å². The van der Waals surface area contributed by atoms with Crippen molar-refractivity contribution in [2.24, 2.45) is 0 Å². The van der Waals surface area contributed by atoms with E-state index in [4.69, 9.17) is 0 Å². The van der Waals surface area contributed by atoms with Crippen LogP contribution in [0.3, 0.4) is 0 Å². The summed E-state index contributed by atoms with van der Waals surface area (Å²) in [7, 11) is 0. The van der Waals surface area contributed by atoms with Crippen LogP contribution < -0.4 is 5.32 Å². The van der Waals surface area contributed by atoms with Gasteiger partial charge in [0.2, 0.25) is 0 Å². The third kappa shape index (κ3) is 3.67. The molecule has 1 amide bonds. The molecule has 0 aliphatic rings. The van der Waals surface area contributed by atoms with Gasteiger partial charge in [-0.3, -0.25) is 14.3 Å². The summed E-state index contributed by atoms with van der Waals surface area (Å²) >= 11 is 1.49. The molecule has 1 aromatic carbocycles. The maximum Gasteiger partial charge on any atom is 0.275 e. The second kappa shape index (κ2) is 8.10. The molecule has 0 radical (unpaired) electrons. The minimum absolute atomic E-state index is 0.251. The van der Waals surface area contributed by atoms with Gasteiger partial charge in [-0.15, -0.1) is 0 Å². The molecule has 0 atom stereocenters. The number of carbonyl (C=O) groups excluding carboxylic acids is 1. The first-order valence-electron chi connectivity index (χ1n) is 8.66. The van der Waals surface area contributed by atoms with Crippen molar-refractivity contribution in [3.63, 3.8) is 0 Å². The molecule has 0 unspecified atom stereocenters. The average molecular weight is 390 g/mol. The van der Waals surface area contributed by atoms with E-state index in [9.17, 15) is 4.79 Å². The van der Waals surface area contributed by atoms with E-state index < -0.39 is 0 Å². The van der Waals surface area contributed by atoms with Gasteiger partial charge < -0.3 is 5.32 Å². The second-order valence-corrected chi connectivity index (χ2v) is 6.72. The topological polar surface area (TPSA) is 77.6 Å². The molecule has 3 aromatic heterocycles. The summed E-state index contributed by atoms with van der Waals surface area (Å²) < 4.78 is 3.55. The number of amides is 1. The first-order chi connectivity index (χ1) is 13.8. The van der Waals surface area contributed by atoms with Crippen LogP contribution in [0.25, 0.3) is 5.69 Å². The Labute approximate surface area is 166 Å². The molecule has 0 saturated carbocycles. The highest BCUT2D eigenvalue weighted by Crippen LogP contribution is 2.22. The van der Waals surface area contributed by atoms with Crippen molar-refractivity contribution in [2.75, 3.05) is 11.6 Å². The molecule has 0 spiro atoms. The predicted molar refractivity (Wildman–Crippen MR) is 109 cm³/mol. The van der Waals surface area contributed by atoms with Crippen molar-refractivity contribution in [1.82, 2.24) is 24.3 Å². The van der Waals surface area contributed by atoms with Crippen LogP contribution in [0, 0.1) is 0 Å². The summed E-state index contributed by atoms with van der Waals surface area (Å²) in [5.41, 5.74) is 2.21. The quantitative estimate of drug-likeness (QED) is 0.510. The normalized spacial score (nSPS) is 10.8. The Morgan fingerprint density at radius 1 is 1.04 bits per heavy atom. The van der Waals surface area contributed by atoms with Crippen LogP contribution in [0.2, 0.25) is 0 Å². The van der Waals surface area contributed by atoms with E-state index in [1.807, 2.05) is 59.4 Å². The van der Waals surface area contributed by atoms with Gasteiger partial charge in [0.05, 0.1) is 24.6 Å². The van der Waals surface area contributed by atoms with E-state index in [0.717, 1.165) is 16.5 Å². The van der Waals surface area contributed by atoms with Crippen molar-refractivity contribution in [3.8, 4) is 5.69 Å². The maximum absolute atomic E-state index is 13.0. The van der Waals surface area contributed by atoms with E-state index in [0.29, 0.717) is 18.1 Å². The highest BCUT2D eigenvalue weighted by atomic mass is 32.2. The highest BCUT2D eigenvalue weighted by Gasteiger charge is 2.19. The summed E-state index contributed by atoms with van der Waals surface area (Å²) in [5.74, 6) is 0.349. The Morgan fingerprint density at radius 2 is 1.86 bits per heavy atom. The molecular weight excluding hydrogens is 372 g/mol. The number of aromatic nitrogens is 5. The molecule has 1 N–H and O–H groups in total. The Hall–Kier alpha value is -3.39. The van der Waals surface area contributed by atoms with Crippen molar-refractivity contribution < 1.29 is 4.79 Å². The molecule has 0 fully saturated rings. The first kappa shape index (κ1) is 18.0. The SMILES string of the molecule is CSc1ncc(C(=O)Nc2ccnn2Cc2ccccn2)n1-c1ccccc1. The Balaban J connectivity index is 1.61. The number of imidazole rings is 1. The molecule has 8 heteroatoms. The third-order valence-electron chi connectivity index (χ3n) is 4.16. The van der Waals surface area contributed by atoms with E-state index in [-0.39, 0.29) is 5.91 Å². The number of pyridine rings is 1. The standard InChI is InChI=1S/C20H18N6OS/c1-28-20-22-13-17(26(20)16-8-3-2-4-9-16)19(27)24-18-10-12-23-25(18)14-15-7-5-6-11-21-15/h2-13H,14H2,1H3,(H,24,27). The molecule has 3 heterocycles. The van der Waals surface area contributed by atoms with Crippen molar-refractivity contribution in [2.45, 2.75) is 11.7 Å². The number of thioether (sulfide) groups is 1. The van der Waals surface area contributed by atoms with Crippen LogP contribution in [0.1, 0.15) is 16.2 Å². The molecule has 0 saturated heterocycles. The van der Waals surface area contributed by atoms with E-state index in [1.165, 1.54) is 11.8 Å². The molecule has 140 valence electrons. The first-order valence-corrected chi connectivity index (χ1v) is 9.89. The summed E-state index contributed by atoms with van der Waals surface area (Å²) in [6.45, 7) is 0.470. The predicted octanol–water partition coefficient (Wildman–Crippen LogP) is 3.49. The fourth-order valence-corrected chi connectivity index (χ4v) is 3.40. The molecule has 28 heavy (non-hydrogen) atoms. The lowest BCUT2D eigenvalue weighted by atomic mass is 10.3. The Kier molecular flexibility index (Phi) is 5.20. The van der Waals surface area contributed by atoms with Gasteiger partial charge in [-0.1, -0.05) is 36.0 Å². The molecule has 7 nitrogen and oxygen atoms in total. The fraction of sp³-hybridized carbons (Fsp3) is 0.100. The zero-order valence-corrected chi connectivity index (χ0v) is 16.0. The smallest absolute Gasteiger partial charge is 0.275 e. The summed E-state index contributed by atoms with van der Waals surface area (Å²) in [6.07, 6.45) is 6.92. The molecular formula is C20H18N6OS. The number of anilines is 1. The van der Waals surface area contributed by atoms with Crippen LogP contribution in [-0.2, 0) is 6.54 Å². The minimum Gasteiger partial charge on any atom is -0.305 e. The van der Waals surface area contributed by atoms with Crippen molar-refractivity contribution in [3.05, 3.63) is 84.6 Å².